The lowest BCUT2D eigenvalue weighted by Gasteiger charge is -2.21. The highest BCUT2D eigenvalue weighted by atomic mass is 32.1. The van der Waals surface area contributed by atoms with Gasteiger partial charge in [-0.1, -0.05) is 24.3 Å². The van der Waals surface area contributed by atoms with Crippen molar-refractivity contribution in [3.63, 3.8) is 0 Å². The summed E-state index contributed by atoms with van der Waals surface area (Å²) in [6.07, 6.45) is 5.64. The fourth-order valence-electron chi connectivity index (χ4n) is 2.90. The Morgan fingerprint density at radius 1 is 1.23 bits per heavy atom. The molecule has 0 unspecified atom stereocenters. The van der Waals surface area contributed by atoms with E-state index in [9.17, 15) is 4.79 Å². The Kier molecular flexibility index (Phi) is 4.71. The van der Waals surface area contributed by atoms with E-state index in [1.54, 1.807) is 24.5 Å². The molecule has 0 radical (unpaired) electrons. The van der Waals surface area contributed by atoms with Crippen molar-refractivity contribution in [2.75, 3.05) is 7.11 Å². The molecular formula is C21H20N2O2S. The SMILES string of the molecule is COc1ccc(CN(C(=O)/C=C/c2nc3ccccc3s2)C2CC2)cc1. The Balaban J connectivity index is 1.48. The molecule has 132 valence electrons. The molecule has 1 fully saturated rings. The summed E-state index contributed by atoms with van der Waals surface area (Å²) in [5, 5.41) is 0.861. The van der Waals surface area contributed by atoms with E-state index < -0.39 is 0 Å². The Morgan fingerprint density at radius 3 is 2.69 bits per heavy atom. The summed E-state index contributed by atoms with van der Waals surface area (Å²) in [6, 6.07) is 16.3. The number of carbonyl (C=O) groups excluding carboxylic acids is 1. The van der Waals surface area contributed by atoms with Crippen LogP contribution in [0.4, 0.5) is 0 Å². The van der Waals surface area contributed by atoms with Crippen molar-refractivity contribution in [3.8, 4) is 5.75 Å². The average molecular weight is 364 g/mol. The molecule has 1 aliphatic carbocycles. The number of para-hydroxylation sites is 1. The zero-order valence-electron chi connectivity index (χ0n) is 14.6. The predicted molar refractivity (Wildman–Crippen MR) is 105 cm³/mol. The molecule has 26 heavy (non-hydrogen) atoms. The van der Waals surface area contributed by atoms with Crippen LogP contribution in [0.5, 0.6) is 5.75 Å². The number of carbonyl (C=O) groups is 1. The van der Waals surface area contributed by atoms with Crippen molar-refractivity contribution in [3.05, 3.63) is 65.2 Å². The first kappa shape index (κ1) is 16.8. The first-order valence-corrected chi connectivity index (χ1v) is 9.52. The van der Waals surface area contributed by atoms with Gasteiger partial charge in [-0.25, -0.2) is 4.98 Å². The van der Waals surface area contributed by atoms with E-state index in [0.29, 0.717) is 12.6 Å². The van der Waals surface area contributed by atoms with Crippen LogP contribution in [-0.4, -0.2) is 28.9 Å². The maximum atomic E-state index is 12.7. The van der Waals surface area contributed by atoms with E-state index in [1.165, 1.54) is 0 Å². The van der Waals surface area contributed by atoms with Crippen molar-refractivity contribution in [2.45, 2.75) is 25.4 Å². The van der Waals surface area contributed by atoms with Crippen molar-refractivity contribution < 1.29 is 9.53 Å². The van der Waals surface area contributed by atoms with E-state index in [2.05, 4.69) is 4.98 Å². The van der Waals surface area contributed by atoms with Crippen LogP contribution in [0, 0.1) is 0 Å². The van der Waals surface area contributed by atoms with Gasteiger partial charge in [-0.15, -0.1) is 11.3 Å². The van der Waals surface area contributed by atoms with Crippen LogP contribution >= 0.6 is 11.3 Å². The molecule has 0 bridgehead atoms. The van der Waals surface area contributed by atoms with Gasteiger partial charge < -0.3 is 9.64 Å². The van der Waals surface area contributed by atoms with Crippen LogP contribution in [-0.2, 0) is 11.3 Å². The fraction of sp³-hybridized carbons (Fsp3) is 0.238. The van der Waals surface area contributed by atoms with Crippen LogP contribution in [0.3, 0.4) is 0 Å². The molecule has 1 amide bonds. The molecule has 1 aromatic heterocycles. The highest BCUT2D eigenvalue weighted by Crippen LogP contribution is 2.29. The van der Waals surface area contributed by atoms with Gasteiger partial charge >= 0.3 is 0 Å². The maximum absolute atomic E-state index is 12.7. The standard InChI is InChI=1S/C21H20N2O2S/c1-25-17-10-6-15(7-11-17)14-23(16-8-9-16)21(24)13-12-20-22-18-4-2-3-5-19(18)26-20/h2-7,10-13,16H,8-9,14H2,1H3/b13-12+. The first-order valence-electron chi connectivity index (χ1n) is 8.70. The van der Waals surface area contributed by atoms with Gasteiger partial charge in [0.2, 0.25) is 5.91 Å². The minimum atomic E-state index is 0.0441. The van der Waals surface area contributed by atoms with Gasteiger partial charge in [-0.05, 0) is 48.7 Å². The topological polar surface area (TPSA) is 42.4 Å². The third-order valence-corrected chi connectivity index (χ3v) is 5.46. The molecule has 0 aliphatic heterocycles. The van der Waals surface area contributed by atoms with Crippen molar-refractivity contribution in [2.24, 2.45) is 0 Å². The molecule has 4 nitrogen and oxygen atoms in total. The second-order valence-corrected chi connectivity index (χ2v) is 7.46. The van der Waals surface area contributed by atoms with Gasteiger partial charge in [0.1, 0.15) is 10.8 Å². The summed E-state index contributed by atoms with van der Waals surface area (Å²) >= 11 is 1.60. The van der Waals surface area contributed by atoms with Crippen LogP contribution in [0.15, 0.2) is 54.6 Å². The second kappa shape index (κ2) is 7.30. The summed E-state index contributed by atoms with van der Waals surface area (Å²) in [5.74, 6) is 0.872. The summed E-state index contributed by atoms with van der Waals surface area (Å²) < 4.78 is 6.33. The average Bonchev–Trinajstić information content (AvgIpc) is 3.43. The molecule has 3 aromatic rings. The lowest BCUT2D eigenvalue weighted by atomic mass is 10.2. The number of amides is 1. The molecule has 1 heterocycles. The van der Waals surface area contributed by atoms with E-state index in [-0.39, 0.29) is 5.91 Å². The number of nitrogens with zero attached hydrogens (tertiary/aromatic N) is 2. The van der Waals surface area contributed by atoms with Gasteiger partial charge in [0.25, 0.3) is 0 Å². The Bertz CT molecular complexity index is 909. The Labute approximate surface area is 156 Å². The highest BCUT2D eigenvalue weighted by molar-refractivity contribution is 7.19. The minimum Gasteiger partial charge on any atom is -0.497 e. The molecule has 4 rings (SSSR count). The molecule has 5 heteroatoms. The molecule has 0 saturated heterocycles. The fourth-order valence-corrected chi connectivity index (χ4v) is 3.77. The molecule has 2 aromatic carbocycles. The number of thiazole rings is 1. The number of methoxy groups -OCH3 is 1. The molecule has 0 N–H and O–H groups in total. The minimum absolute atomic E-state index is 0.0441. The number of aromatic nitrogens is 1. The van der Waals surface area contributed by atoms with Crippen LogP contribution in [0.25, 0.3) is 16.3 Å². The van der Waals surface area contributed by atoms with E-state index in [4.69, 9.17) is 4.74 Å². The summed E-state index contributed by atoms with van der Waals surface area (Å²) in [7, 11) is 1.65. The summed E-state index contributed by atoms with van der Waals surface area (Å²) in [6.45, 7) is 0.623. The van der Waals surface area contributed by atoms with E-state index >= 15 is 0 Å². The van der Waals surface area contributed by atoms with Crippen LogP contribution in [0.1, 0.15) is 23.4 Å². The number of hydrogen-bond donors (Lipinski definition) is 0. The van der Waals surface area contributed by atoms with Crippen molar-refractivity contribution in [1.29, 1.82) is 0 Å². The maximum Gasteiger partial charge on any atom is 0.247 e. The zero-order chi connectivity index (χ0) is 17.9. The number of benzene rings is 2. The Morgan fingerprint density at radius 2 is 2.00 bits per heavy atom. The number of hydrogen-bond acceptors (Lipinski definition) is 4. The van der Waals surface area contributed by atoms with Crippen molar-refractivity contribution in [1.82, 2.24) is 9.88 Å². The lowest BCUT2D eigenvalue weighted by molar-refractivity contribution is -0.127. The normalized spacial score (nSPS) is 14.0. The van der Waals surface area contributed by atoms with E-state index in [0.717, 1.165) is 39.4 Å². The third-order valence-electron chi connectivity index (χ3n) is 4.46. The molecular weight excluding hydrogens is 344 g/mol. The highest BCUT2D eigenvalue weighted by Gasteiger charge is 2.31. The first-order chi connectivity index (χ1) is 12.7. The smallest absolute Gasteiger partial charge is 0.247 e. The largest absolute Gasteiger partial charge is 0.497 e. The lowest BCUT2D eigenvalue weighted by Crippen LogP contribution is -2.31. The number of ether oxygens (including phenoxy) is 1. The summed E-state index contributed by atoms with van der Waals surface area (Å²) in [4.78, 5) is 19.2. The molecule has 1 saturated carbocycles. The van der Waals surface area contributed by atoms with Gasteiger partial charge in [-0.2, -0.15) is 0 Å². The van der Waals surface area contributed by atoms with Gasteiger partial charge in [0.15, 0.2) is 0 Å². The molecule has 1 aliphatic rings. The van der Waals surface area contributed by atoms with Gasteiger partial charge in [0, 0.05) is 18.7 Å². The predicted octanol–water partition coefficient (Wildman–Crippen LogP) is 4.51. The molecule has 0 spiro atoms. The van der Waals surface area contributed by atoms with Gasteiger partial charge in [0.05, 0.1) is 17.3 Å². The number of fused-ring (bicyclic) bond motifs is 1. The van der Waals surface area contributed by atoms with Crippen molar-refractivity contribution >= 4 is 33.5 Å². The molecule has 0 atom stereocenters. The van der Waals surface area contributed by atoms with Gasteiger partial charge in [-0.3, -0.25) is 4.79 Å². The van der Waals surface area contributed by atoms with Crippen LogP contribution < -0.4 is 4.74 Å². The summed E-state index contributed by atoms with van der Waals surface area (Å²) in [5.41, 5.74) is 2.08. The zero-order valence-corrected chi connectivity index (χ0v) is 15.4. The second-order valence-electron chi connectivity index (χ2n) is 6.40. The Hall–Kier alpha value is -2.66. The monoisotopic (exact) mass is 364 g/mol. The third kappa shape index (κ3) is 3.78. The quantitative estimate of drug-likeness (QED) is 0.605. The van der Waals surface area contributed by atoms with E-state index in [1.807, 2.05) is 59.5 Å². The van der Waals surface area contributed by atoms with Crippen LogP contribution in [0.2, 0.25) is 0 Å². The number of rotatable bonds is 6.